The van der Waals surface area contributed by atoms with Crippen LogP contribution in [0.15, 0.2) is 59.3 Å². The van der Waals surface area contributed by atoms with Crippen molar-refractivity contribution in [1.82, 2.24) is 15.1 Å². The molecular formula is C23H23BrClN3O3. The van der Waals surface area contributed by atoms with Gasteiger partial charge in [-0.25, -0.2) is 0 Å². The first-order chi connectivity index (χ1) is 15.0. The van der Waals surface area contributed by atoms with Crippen molar-refractivity contribution in [2.24, 2.45) is 0 Å². The van der Waals surface area contributed by atoms with Gasteiger partial charge >= 0.3 is 0 Å². The number of benzene rings is 2. The number of nitrogens with zero attached hydrogens (tertiary/aromatic N) is 2. The minimum atomic E-state index is -0.178. The van der Waals surface area contributed by atoms with Gasteiger partial charge in [0, 0.05) is 41.5 Å². The van der Waals surface area contributed by atoms with Crippen LogP contribution in [-0.2, 0) is 24.5 Å². The third-order valence-corrected chi connectivity index (χ3v) is 5.34. The van der Waals surface area contributed by atoms with Crippen LogP contribution in [0.5, 0.6) is 11.5 Å². The van der Waals surface area contributed by atoms with E-state index in [1.807, 2.05) is 36.0 Å². The second-order valence-electron chi connectivity index (χ2n) is 6.69. The number of methoxy groups -OCH3 is 1. The molecule has 0 aliphatic carbocycles. The smallest absolute Gasteiger partial charge is 0.244 e. The highest BCUT2D eigenvalue weighted by atomic mass is 79.9. The Morgan fingerprint density at radius 3 is 2.77 bits per heavy atom. The Labute approximate surface area is 194 Å². The number of aryl methyl sites for hydroxylation is 1. The Balaban J connectivity index is 1.62. The van der Waals surface area contributed by atoms with Crippen molar-refractivity contribution in [2.75, 3.05) is 7.11 Å². The number of halogens is 2. The van der Waals surface area contributed by atoms with Crippen LogP contribution in [-0.4, -0.2) is 22.8 Å². The van der Waals surface area contributed by atoms with Gasteiger partial charge in [0.1, 0.15) is 18.1 Å². The number of carbonyl (C=O) groups excluding carboxylic acids is 1. The van der Waals surface area contributed by atoms with Crippen LogP contribution in [0.2, 0.25) is 5.02 Å². The lowest BCUT2D eigenvalue weighted by molar-refractivity contribution is -0.116. The van der Waals surface area contributed by atoms with E-state index in [4.69, 9.17) is 21.1 Å². The number of nitrogens with one attached hydrogen (secondary N) is 1. The van der Waals surface area contributed by atoms with Crippen molar-refractivity contribution < 1.29 is 14.3 Å². The number of aromatic nitrogens is 2. The maximum Gasteiger partial charge on any atom is 0.244 e. The first-order valence-corrected chi connectivity index (χ1v) is 10.9. The first-order valence-electron chi connectivity index (χ1n) is 9.70. The van der Waals surface area contributed by atoms with Crippen LogP contribution in [0.1, 0.15) is 23.6 Å². The number of hydrogen-bond donors (Lipinski definition) is 1. The Morgan fingerprint density at radius 2 is 2.06 bits per heavy atom. The Hall–Kier alpha value is -2.77. The highest BCUT2D eigenvalue weighted by Gasteiger charge is 2.08. The van der Waals surface area contributed by atoms with E-state index in [0.29, 0.717) is 29.7 Å². The van der Waals surface area contributed by atoms with Gasteiger partial charge < -0.3 is 14.8 Å². The fourth-order valence-electron chi connectivity index (χ4n) is 2.85. The molecule has 6 nitrogen and oxygen atoms in total. The molecule has 0 spiro atoms. The third-order valence-electron chi connectivity index (χ3n) is 4.49. The molecule has 162 valence electrons. The van der Waals surface area contributed by atoms with Crippen LogP contribution in [0.25, 0.3) is 6.08 Å². The van der Waals surface area contributed by atoms with Crippen molar-refractivity contribution in [3.8, 4) is 11.5 Å². The average molecular weight is 505 g/mol. The SMILES string of the molecule is CCn1cc(CNC(=O)/C=C/c2ccc(OC)c(COc3ccc(Cl)cc3Br)c2)cn1. The fraction of sp³-hybridized carbons (Fsp3) is 0.217. The lowest BCUT2D eigenvalue weighted by Gasteiger charge is -2.12. The van der Waals surface area contributed by atoms with E-state index in [1.54, 1.807) is 37.6 Å². The molecule has 0 saturated heterocycles. The molecule has 3 aromatic rings. The lowest BCUT2D eigenvalue weighted by Crippen LogP contribution is -2.19. The molecule has 31 heavy (non-hydrogen) atoms. The summed E-state index contributed by atoms with van der Waals surface area (Å²) < 4.78 is 13.9. The number of hydrogen-bond acceptors (Lipinski definition) is 4. The number of rotatable bonds is 9. The zero-order valence-electron chi connectivity index (χ0n) is 17.3. The normalized spacial score (nSPS) is 11.0. The Morgan fingerprint density at radius 1 is 1.26 bits per heavy atom. The summed E-state index contributed by atoms with van der Waals surface area (Å²) in [5, 5.41) is 7.68. The topological polar surface area (TPSA) is 65.4 Å². The molecule has 0 aliphatic rings. The first kappa shape index (κ1) is 22.9. The molecule has 0 aliphatic heterocycles. The van der Waals surface area contributed by atoms with Crippen LogP contribution < -0.4 is 14.8 Å². The molecule has 0 atom stereocenters. The molecule has 0 bridgehead atoms. The Bertz CT molecular complexity index is 1080. The predicted molar refractivity (Wildman–Crippen MR) is 125 cm³/mol. The van der Waals surface area contributed by atoms with E-state index in [-0.39, 0.29) is 5.91 Å². The monoisotopic (exact) mass is 503 g/mol. The molecule has 1 amide bonds. The summed E-state index contributed by atoms with van der Waals surface area (Å²) in [4.78, 5) is 12.2. The maximum absolute atomic E-state index is 12.2. The van der Waals surface area contributed by atoms with Crippen LogP contribution >= 0.6 is 27.5 Å². The summed E-state index contributed by atoms with van der Waals surface area (Å²) in [6.07, 6.45) is 6.93. The third kappa shape index (κ3) is 6.60. The van der Waals surface area contributed by atoms with Crippen LogP contribution in [0, 0.1) is 0 Å². The molecule has 3 rings (SSSR count). The van der Waals surface area contributed by atoms with Crippen molar-refractivity contribution in [3.05, 3.63) is 81.1 Å². The standard InChI is InChI=1S/C23H23BrClN3O3/c1-3-28-14-17(13-27-28)12-26-23(29)9-5-16-4-7-21(30-2)18(10-16)15-31-22-8-6-19(25)11-20(22)24/h4-11,13-14H,3,12,15H2,1-2H3,(H,26,29)/b9-5+. The highest BCUT2D eigenvalue weighted by molar-refractivity contribution is 9.10. The molecule has 0 radical (unpaired) electrons. The molecule has 0 unspecified atom stereocenters. The van der Waals surface area contributed by atoms with E-state index in [0.717, 1.165) is 27.7 Å². The van der Waals surface area contributed by atoms with Gasteiger partial charge in [0.2, 0.25) is 5.91 Å². The van der Waals surface area contributed by atoms with Gasteiger partial charge in [-0.1, -0.05) is 17.7 Å². The van der Waals surface area contributed by atoms with Gasteiger partial charge in [0.05, 0.1) is 17.8 Å². The minimum Gasteiger partial charge on any atom is -0.496 e. The van der Waals surface area contributed by atoms with Crippen LogP contribution in [0.4, 0.5) is 0 Å². The Kier molecular flexibility index (Phi) is 8.14. The van der Waals surface area contributed by atoms with Crippen molar-refractivity contribution in [2.45, 2.75) is 26.6 Å². The molecular weight excluding hydrogens is 482 g/mol. The second-order valence-corrected chi connectivity index (χ2v) is 7.98. The maximum atomic E-state index is 12.2. The van der Waals surface area contributed by atoms with Crippen molar-refractivity contribution in [3.63, 3.8) is 0 Å². The van der Waals surface area contributed by atoms with Crippen molar-refractivity contribution >= 4 is 39.5 Å². The highest BCUT2D eigenvalue weighted by Crippen LogP contribution is 2.30. The fourth-order valence-corrected chi connectivity index (χ4v) is 3.65. The van der Waals surface area contributed by atoms with Gasteiger partial charge in [-0.05, 0) is 64.8 Å². The molecule has 1 aromatic heterocycles. The number of amides is 1. The molecule has 2 aromatic carbocycles. The van der Waals surface area contributed by atoms with E-state index >= 15 is 0 Å². The average Bonchev–Trinajstić information content (AvgIpc) is 3.24. The van der Waals surface area contributed by atoms with E-state index in [9.17, 15) is 4.79 Å². The van der Waals surface area contributed by atoms with E-state index in [1.165, 1.54) is 6.08 Å². The van der Waals surface area contributed by atoms with E-state index < -0.39 is 0 Å². The van der Waals surface area contributed by atoms with Crippen molar-refractivity contribution in [1.29, 1.82) is 0 Å². The van der Waals surface area contributed by atoms with Gasteiger partial charge in [0.25, 0.3) is 0 Å². The van der Waals surface area contributed by atoms with Gasteiger partial charge in [0.15, 0.2) is 0 Å². The van der Waals surface area contributed by atoms with Gasteiger partial charge in [-0.15, -0.1) is 0 Å². The summed E-state index contributed by atoms with van der Waals surface area (Å²) in [5.41, 5.74) is 2.68. The molecule has 0 fully saturated rings. The zero-order chi connectivity index (χ0) is 22.2. The zero-order valence-corrected chi connectivity index (χ0v) is 19.6. The van der Waals surface area contributed by atoms with E-state index in [2.05, 4.69) is 26.3 Å². The quantitative estimate of drug-likeness (QED) is 0.405. The molecule has 8 heteroatoms. The molecule has 1 heterocycles. The second kappa shape index (κ2) is 11.0. The molecule has 1 N–H and O–H groups in total. The summed E-state index contributed by atoms with van der Waals surface area (Å²) >= 11 is 9.42. The number of ether oxygens (including phenoxy) is 2. The lowest BCUT2D eigenvalue weighted by atomic mass is 10.1. The summed E-state index contributed by atoms with van der Waals surface area (Å²) in [7, 11) is 1.61. The van der Waals surface area contributed by atoms with Crippen LogP contribution in [0.3, 0.4) is 0 Å². The van der Waals surface area contributed by atoms with Gasteiger partial charge in [-0.3, -0.25) is 9.48 Å². The summed E-state index contributed by atoms with van der Waals surface area (Å²) in [6.45, 7) is 3.55. The predicted octanol–water partition coefficient (Wildman–Crippen LogP) is 5.24. The molecule has 0 saturated carbocycles. The minimum absolute atomic E-state index is 0.178. The number of carbonyl (C=O) groups is 1. The summed E-state index contributed by atoms with van der Waals surface area (Å²) in [6, 6.07) is 11.0. The summed E-state index contributed by atoms with van der Waals surface area (Å²) in [5.74, 6) is 1.21. The largest absolute Gasteiger partial charge is 0.496 e. The van der Waals surface area contributed by atoms with Gasteiger partial charge in [-0.2, -0.15) is 5.10 Å².